The van der Waals surface area contributed by atoms with E-state index in [2.05, 4.69) is 149 Å². The monoisotopic (exact) mass is 1500 g/mol. The van der Waals surface area contributed by atoms with Crippen LogP contribution in [-0.4, -0.2) is 38.9 Å². The van der Waals surface area contributed by atoms with E-state index in [9.17, 15) is 5.53 Å². The molecule has 1 aliphatic rings. The Labute approximate surface area is 648 Å². The number of nitrogens with zero attached hydrogens (tertiary/aromatic N) is 4. The first-order chi connectivity index (χ1) is 50.2. The molecule has 0 fully saturated rings. The quantitative estimate of drug-likeness (QED) is 0.0286. The standard InChI is InChI=1S/C91H158N2.2C3H8N.Pd/c1-7-13-19-22-25-27-29-31-33-35-37-39-41-43-45-47-49-51-53-55-57-61-70-82(68-17-11-5)78-80-84-72-64-66-74-86(84)90-88(76-60-16-10-4)89(77-63-59-24-21-15-9-3)91(93(90)92)87-75-67-65-73-85(87)81-79-83(69-18-12-6)71-62-58-56-54-52-50-48-46-44-42-40-38-36-34-32-30-28-26-23-20-14-8-2;2*1-3-4-2;/h57-58,61-62,64-67,72-75,82-83H,7-56,59-60,63,68-71,76-81H2,1-6H3;2*3H2,1-2H3;/q;2*-1;+2. The van der Waals surface area contributed by atoms with Crippen LogP contribution in [0.15, 0.2) is 84.0 Å². The predicted octanol–water partition coefficient (Wildman–Crippen LogP) is 33.0. The van der Waals surface area contributed by atoms with E-state index in [0.717, 1.165) is 56.6 Å². The summed E-state index contributed by atoms with van der Waals surface area (Å²) in [7, 11) is 4.31. The van der Waals surface area contributed by atoms with Gasteiger partial charge in [0.2, 0.25) is 11.4 Å². The van der Waals surface area contributed by atoms with E-state index in [-0.39, 0.29) is 0 Å². The third-order valence-corrected chi connectivity index (χ3v) is 24.6. The van der Waals surface area contributed by atoms with Crippen molar-refractivity contribution in [2.45, 2.75) is 460 Å². The third kappa shape index (κ3) is 50.3. The Kier molecular flexibility index (Phi) is 67.1. The first-order valence-electron chi connectivity index (χ1n) is 45.7. The summed E-state index contributed by atoms with van der Waals surface area (Å²) < 4.78 is 6.40. The molecule has 4 nitrogen and oxygen atoms in total. The van der Waals surface area contributed by atoms with Gasteiger partial charge in [0.1, 0.15) is 0 Å². The summed E-state index contributed by atoms with van der Waals surface area (Å²) in [6.45, 7) is 20.7. The van der Waals surface area contributed by atoms with Gasteiger partial charge >= 0.3 is 66.6 Å². The molecule has 2 aromatic carbocycles. The van der Waals surface area contributed by atoms with E-state index < -0.39 is 0 Å². The molecule has 0 amide bonds. The summed E-state index contributed by atoms with van der Waals surface area (Å²) in [5, 5.41) is 0. The van der Waals surface area contributed by atoms with Gasteiger partial charge in [-0.25, -0.2) is 4.70 Å². The zero-order chi connectivity index (χ0) is 73.7. The van der Waals surface area contributed by atoms with Crippen molar-refractivity contribution in [2.24, 2.45) is 11.8 Å². The molecular formula is C97H174N4Pd. The SMILES string of the molecule is CCCCCCCCCCCCCCCCCCCCCC=CCC(CCCC)CCc1ccccc1C1=C(CCCCC)C(CCCCCCCC)=C(c2ccccc2CCC(CC=CCCCCCCCCCCCCCCCCCCCCC)CCCC)[N+]1=[N-].CC[N](C)[Pd][N](C)CC. The molecule has 0 aliphatic carbocycles. The zero-order valence-corrected chi connectivity index (χ0v) is 71.7. The Morgan fingerprint density at radius 1 is 0.304 bits per heavy atom. The summed E-state index contributed by atoms with van der Waals surface area (Å²) in [6, 6.07) is 18.6. The first-order valence-corrected chi connectivity index (χ1v) is 47.1. The first kappa shape index (κ1) is 95.7. The van der Waals surface area contributed by atoms with E-state index in [1.54, 1.807) is 4.70 Å². The van der Waals surface area contributed by atoms with E-state index in [4.69, 9.17) is 0 Å². The summed E-state index contributed by atoms with van der Waals surface area (Å²) in [6.07, 6.45) is 95.3. The number of allylic oxidation sites excluding steroid dienone is 6. The fourth-order valence-corrected chi connectivity index (χ4v) is 16.9. The number of unbranched alkanes of at least 4 members (excludes halogenated alkanes) is 47. The van der Waals surface area contributed by atoms with Crippen LogP contribution in [0.4, 0.5) is 0 Å². The Hall–Kier alpha value is -2.42. The minimum absolute atomic E-state index is 0.663. The Morgan fingerprint density at radius 3 is 0.853 bits per heavy atom. The van der Waals surface area contributed by atoms with E-state index >= 15 is 0 Å². The molecule has 0 aromatic heterocycles. The van der Waals surface area contributed by atoms with Gasteiger partial charge in [0.15, 0.2) is 0 Å². The van der Waals surface area contributed by atoms with Gasteiger partial charge in [-0.2, -0.15) is 0 Å². The van der Waals surface area contributed by atoms with Gasteiger partial charge in [-0.1, -0.05) is 417 Å². The fourth-order valence-electron chi connectivity index (χ4n) is 15.6. The Balaban J connectivity index is 0.00000365. The topological polar surface area (TPSA) is 31.8 Å². The van der Waals surface area contributed by atoms with Crippen molar-refractivity contribution in [3.63, 3.8) is 0 Å². The van der Waals surface area contributed by atoms with Gasteiger partial charge < -0.3 is 5.53 Å². The molecule has 0 saturated carbocycles. The van der Waals surface area contributed by atoms with Crippen LogP contribution < -0.4 is 0 Å². The second kappa shape index (κ2) is 71.5. The van der Waals surface area contributed by atoms with E-state index in [1.807, 2.05) is 0 Å². The average molecular weight is 1500 g/mol. The molecule has 102 heavy (non-hydrogen) atoms. The molecule has 1 aliphatic heterocycles. The Morgan fingerprint density at radius 2 is 0.559 bits per heavy atom. The number of aryl methyl sites for hydroxylation is 2. The van der Waals surface area contributed by atoms with Crippen LogP contribution in [0.25, 0.3) is 16.9 Å². The molecule has 0 radical (unpaired) electrons. The van der Waals surface area contributed by atoms with Crippen LogP contribution >= 0.6 is 0 Å². The molecule has 1 heterocycles. The van der Waals surface area contributed by atoms with E-state index in [0.29, 0.717) is 30.3 Å². The fraction of sp³-hybridized carbons (Fsp3) is 0.794. The maximum absolute atomic E-state index is 13.1. The van der Waals surface area contributed by atoms with Gasteiger partial charge in [0.25, 0.3) is 0 Å². The summed E-state index contributed by atoms with van der Waals surface area (Å²) in [5.41, 5.74) is 23.5. The molecule has 5 heteroatoms. The molecule has 2 aromatic rings. The van der Waals surface area contributed by atoms with Crippen LogP contribution in [0.3, 0.4) is 0 Å². The number of benzene rings is 2. The number of hydrogen-bond acceptors (Lipinski definition) is 2. The molecule has 0 bridgehead atoms. The van der Waals surface area contributed by atoms with Gasteiger partial charge in [-0.05, 0) is 125 Å². The Bertz CT molecular complexity index is 2300. The average Bonchev–Trinajstić information content (AvgIpc) is 1.60. The van der Waals surface area contributed by atoms with Crippen molar-refractivity contribution in [3.05, 3.63) is 112 Å². The van der Waals surface area contributed by atoms with Gasteiger partial charge in [0, 0.05) is 22.3 Å². The van der Waals surface area contributed by atoms with Crippen LogP contribution in [0.1, 0.15) is 469 Å². The van der Waals surface area contributed by atoms with Crippen molar-refractivity contribution in [3.8, 4) is 0 Å². The molecule has 2 unspecified atom stereocenters. The van der Waals surface area contributed by atoms with Crippen molar-refractivity contribution in [1.82, 2.24) is 7.07 Å². The van der Waals surface area contributed by atoms with Crippen LogP contribution in [-0.2, 0) is 31.3 Å². The number of hydrogen-bond donors (Lipinski definition) is 0. The molecule has 2 atom stereocenters. The van der Waals surface area contributed by atoms with Crippen LogP contribution in [0, 0.1) is 11.8 Å². The van der Waals surface area contributed by atoms with Crippen LogP contribution in [0.2, 0.25) is 0 Å². The molecule has 3 rings (SSSR count). The van der Waals surface area contributed by atoms with E-state index in [1.165, 1.54) is 406 Å². The van der Waals surface area contributed by atoms with Crippen molar-refractivity contribution in [1.29, 1.82) is 0 Å². The molecule has 0 N–H and O–H groups in total. The second-order valence-electron chi connectivity index (χ2n) is 31.9. The van der Waals surface area contributed by atoms with Crippen LogP contribution in [0.5, 0.6) is 0 Å². The molecular weight excluding hydrogens is 1330 g/mol. The normalized spacial score (nSPS) is 13.4. The summed E-state index contributed by atoms with van der Waals surface area (Å²) >= 11 is 0.663. The summed E-state index contributed by atoms with van der Waals surface area (Å²) in [4.78, 5) is 0. The van der Waals surface area contributed by atoms with Crippen molar-refractivity contribution >= 4 is 11.4 Å². The second-order valence-corrected chi connectivity index (χ2v) is 34.6. The zero-order valence-electron chi connectivity index (χ0n) is 70.1. The third-order valence-electron chi connectivity index (χ3n) is 22.6. The van der Waals surface area contributed by atoms with Gasteiger partial charge in [-0.3, -0.25) is 0 Å². The maximum atomic E-state index is 13.1. The summed E-state index contributed by atoms with van der Waals surface area (Å²) in [5.74, 6) is 1.38. The van der Waals surface area contributed by atoms with Gasteiger partial charge in [0.05, 0.1) is 0 Å². The van der Waals surface area contributed by atoms with Crippen molar-refractivity contribution < 1.29 is 23.2 Å². The number of rotatable bonds is 73. The molecule has 0 spiro atoms. The molecule has 592 valence electrons. The molecule has 0 saturated heterocycles. The minimum atomic E-state index is 0.663. The van der Waals surface area contributed by atoms with Gasteiger partial charge in [-0.15, -0.1) is 0 Å². The predicted molar refractivity (Wildman–Crippen MR) is 455 cm³/mol. The van der Waals surface area contributed by atoms with Crippen molar-refractivity contribution in [2.75, 3.05) is 27.2 Å².